The largest absolute Gasteiger partial charge is 0.463 e. The molecule has 6 rings (SSSR count). The Morgan fingerprint density at radius 2 is 1.92 bits per heavy atom. The smallest absolute Gasteiger partial charge is 0.223 e. The normalized spacial score (nSPS) is 15.7. The minimum atomic E-state index is -1.53. The molecule has 2 N–H and O–H groups in total. The van der Waals surface area contributed by atoms with Gasteiger partial charge in [-0.05, 0) is 24.3 Å². The molecular weight excluding hydrogens is 502 g/mol. The predicted octanol–water partition coefficient (Wildman–Crippen LogP) is 2.76. The molecule has 10 nitrogen and oxygen atoms in total. The molecule has 5 heterocycles. The van der Waals surface area contributed by atoms with Gasteiger partial charge in [0.15, 0.2) is 11.4 Å². The molecular formula is C24H24F2N8O2S. The minimum absolute atomic E-state index is 0.0150. The zero-order valence-corrected chi connectivity index (χ0v) is 20.8. The number of hydrogen-bond acceptors (Lipinski definition) is 8. The number of benzene rings is 1. The van der Waals surface area contributed by atoms with E-state index in [-0.39, 0.29) is 16.5 Å². The summed E-state index contributed by atoms with van der Waals surface area (Å²) in [5, 5.41) is 4.50. The Bertz CT molecular complexity index is 1620. The summed E-state index contributed by atoms with van der Waals surface area (Å²) in [4.78, 5) is 13.2. The van der Waals surface area contributed by atoms with Crippen LogP contribution in [0.4, 0.5) is 20.4 Å². The van der Waals surface area contributed by atoms with E-state index >= 15 is 0 Å². The van der Waals surface area contributed by atoms with Gasteiger partial charge in [-0.25, -0.2) is 13.8 Å². The van der Waals surface area contributed by atoms with Crippen LogP contribution in [0.2, 0.25) is 0 Å². The van der Waals surface area contributed by atoms with Crippen LogP contribution in [0.25, 0.3) is 28.1 Å². The van der Waals surface area contributed by atoms with Gasteiger partial charge in [-0.1, -0.05) is 0 Å². The lowest BCUT2D eigenvalue weighted by Gasteiger charge is -2.36. The monoisotopic (exact) mass is 526 g/mol. The van der Waals surface area contributed by atoms with Crippen LogP contribution in [0.1, 0.15) is 0 Å². The van der Waals surface area contributed by atoms with E-state index in [4.69, 9.17) is 10.2 Å². The van der Waals surface area contributed by atoms with Crippen LogP contribution in [-0.2, 0) is 17.3 Å². The summed E-state index contributed by atoms with van der Waals surface area (Å²) in [6.45, 7) is 3.91. The number of halogens is 2. The summed E-state index contributed by atoms with van der Waals surface area (Å²) in [6, 6.07) is 7.68. The Kier molecular flexibility index (Phi) is 5.88. The highest BCUT2D eigenvalue weighted by Gasteiger charge is 2.23. The third kappa shape index (κ3) is 4.23. The number of piperazine rings is 1. The maximum atomic E-state index is 14.4. The Morgan fingerprint density at radius 1 is 1.11 bits per heavy atom. The van der Waals surface area contributed by atoms with E-state index in [1.54, 1.807) is 23.2 Å². The summed E-state index contributed by atoms with van der Waals surface area (Å²) in [5.74, 6) is -0.540. The van der Waals surface area contributed by atoms with Gasteiger partial charge in [-0.2, -0.15) is 14.6 Å². The SMILES string of the molecule is CS(=O)c1cc(N2CCN(CCn3cnc4c3nc(N)n3nc(-c5ccco5)cc43)CC2)c(F)cc1F. The van der Waals surface area contributed by atoms with E-state index in [0.717, 1.165) is 18.1 Å². The molecule has 1 unspecified atom stereocenters. The third-order valence-electron chi connectivity index (χ3n) is 6.65. The average Bonchev–Trinajstić information content (AvgIpc) is 3.63. The molecule has 1 aromatic carbocycles. The molecule has 37 heavy (non-hydrogen) atoms. The van der Waals surface area contributed by atoms with Crippen molar-refractivity contribution in [3.63, 3.8) is 0 Å². The van der Waals surface area contributed by atoms with E-state index in [1.807, 2.05) is 21.6 Å². The Balaban J connectivity index is 1.16. The van der Waals surface area contributed by atoms with Gasteiger partial charge in [0.1, 0.15) is 28.4 Å². The summed E-state index contributed by atoms with van der Waals surface area (Å²) in [5.41, 5.74) is 9.24. The number of anilines is 2. The molecule has 0 bridgehead atoms. The van der Waals surface area contributed by atoms with Crippen molar-refractivity contribution < 1.29 is 17.4 Å². The highest BCUT2D eigenvalue weighted by molar-refractivity contribution is 7.84. The van der Waals surface area contributed by atoms with Crippen molar-refractivity contribution in [2.45, 2.75) is 11.4 Å². The Morgan fingerprint density at radius 3 is 2.65 bits per heavy atom. The molecule has 0 saturated carbocycles. The van der Waals surface area contributed by atoms with Crippen LogP contribution in [0, 0.1) is 11.6 Å². The molecule has 1 atom stereocenters. The second-order valence-corrected chi connectivity index (χ2v) is 10.2. The van der Waals surface area contributed by atoms with Gasteiger partial charge in [-0.3, -0.25) is 9.11 Å². The highest BCUT2D eigenvalue weighted by atomic mass is 32.2. The first-order valence-corrected chi connectivity index (χ1v) is 13.3. The summed E-state index contributed by atoms with van der Waals surface area (Å²) in [7, 11) is -1.53. The van der Waals surface area contributed by atoms with E-state index in [2.05, 4.69) is 20.0 Å². The first kappa shape index (κ1) is 23.6. The standard InChI is InChI=1S/C24H24F2N8O2S/c1-37(35)21-13-18(15(25)11-16(21)26)32-7-4-31(5-8-32)6-9-33-14-28-22-19-12-17(20-3-2-10-36-20)30-34(19)24(27)29-23(22)33/h2-3,10-14H,4-9H2,1H3,(H2,27,29). The van der Waals surface area contributed by atoms with E-state index in [1.165, 1.54) is 12.3 Å². The number of hydrogen-bond donors (Lipinski definition) is 1. The van der Waals surface area contributed by atoms with Crippen LogP contribution in [0.5, 0.6) is 0 Å². The Labute approximate surface area is 212 Å². The first-order chi connectivity index (χ1) is 17.9. The van der Waals surface area contributed by atoms with Crippen molar-refractivity contribution >= 4 is 39.1 Å². The average molecular weight is 527 g/mol. The van der Waals surface area contributed by atoms with Gasteiger partial charge in [0.05, 0.1) is 34.0 Å². The number of nitrogen functional groups attached to an aromatic ring is 1. The van der Waals surface area contributed by atoms with Gasteiger partial charge < -0.3 is 19.6 Å². The lowest BCUT2D eigenvalue weighted by Crippen LogP contribution is -2.47. The summed E-state index contributed by atoms with van der Waals surface area (Å²) < 4.78 is 49.2. The number of imidazole rings is 1. The van der Waals surface area contributed by atoms with Crippen molar-refractivity contribution in [2.24, 2.45) is 0 Å². The number of aromatic nitrogens is 5. The number of fused-ring (bicyclic) bond motifs is 3. The van der Waals surface area contributed by atoms with Crippen molar-refractivity contribution in [1.29, 1.82) is 0 Å². The molecule has 0 amide bonds. The molecule has 192 valence electrons. The van der Waals surface area contributed by atoms with Crippen molar-refractivity contribution in [1.82, 2.24) is 29.0 Å². The zero-order chi connectivity index (χ0) is 25.7. The van der Waals surface area contributed by atoms with Gasteiger partial charge in [0, 0.05) is 51.6 Å². The van der Waals surface area contributed by atoms with Gasteiger partial charge in [-0.15, -0.1) is 0 Å². The van der Waals surface area contributed by atoms with E-state index < -0.39 is 22.4 Å². The maximum Gasteiger partial charge on any atom is 0.223 e. The lowest BCUT2D eigenvalue weighted by atomic mass is 10.2. The second kappa shape index (κ2) is 9.23. The summed E-state index contributed by atoms with van der Waals surface area (Å²) >= 11 is 0. The zero-order valence-electron chi connectivity index (χ0n) is 20.0. The molecule has 5 aromatic rings. The van der Waals surface area contributed by atoms with E-state index in [0.29, 0.717) is 55.3 Å². The highest BCUT2D eigenvalue weighted by Crippen LogP contribution is 2.27. The molecule has 13 heteroatoms. The predicted molar refractivity (Wildman–Crippen MR) is 136 cm³/mol. The fourth-order valence-corrected chi connectivity index (χ4v) is 5.32. The molecule has 4 aromatic heterocycles. The maximum absolute atomic E-state index is 14.4. The first-order valence-electron chi connectivity index (χ1n) is 11.7. The lowest BCUT2D eigenvalue weighted by molar-refractivity contribution is 0.248. The number of furan rings is 1. The van der Waals surface area contributed by atoms with Gasteiger partial charge >= 0.3 is 0 Å². The number of rotatable bonds is 6. The molecule has 1 fully saturated rings. The molecule has 0 spiro atoms. The van der Waals surface area contributed by atoms with Crippen LogP contribution < -0.4 is 10.6 Å². The molecule has 1 saturated heterocycles. The second-order valence-electron chi connectivity index (χ2n) is 8.90. The fourth-order valence-electron chi connectivity index (χ4n) is 4.70. The number of nitrogens with zero attached hydrogens (tertiary/aromatic N) is 7. The topological polar surface area (TPSA) is 111 Å². The fraction of sp³-hybridized carbons (Fsp3) is 0.292. The third-order valence-corrected chi connectivity index (χ3v) is 7.59. The van der Waals surface area contributed by atoms with Crippen LogP contribution in [0.15, 0.2) is 52.2 Å². The molecule has 1 aliphatic heterocycles. The number of nitrogens with two attached hydrogens (primary N) is 1. The van der Waals surface area contributed by atoms with Crippen molar-refractivity contribution in [3.05, 3.63) is 54.6 Å². The van der Waals surface area contributed by atoms with Gasteiger partial charge in [0.25, 0.3) is 0 Å². The molecule has 0 aliphatic carbocycles. The van der Waals surface area contributed by atoms with Crippen molar-refractivity contribution in [2.75, 3.05) is 49.6 Å². The minimum Gasteiger partial charge on any atom is -0.463 e. The van der Waals surface area contributed by atoms with Crippen LogP contribution in [-0.4, -0.2) is 72.2 Å². The quantitative estimate of drug-likeness (QED) is 0.360. The molecule has 1 aliphatic rings. The summed E-state index contributed by atoms with van der Waals surface area (Å²) in [6.07, 6.45) is 4.72. The van der Waals surface area contributed by atoms with Crippen LogP contribution >= 0.6 is 0 Å². The van der Waals surface area contributed by atoms with Gasteiger partial charge in [0.2, 0.25) is 5.95 Å². The Hall–Kier alpha value is -3.84. The van der Waals surface area contributed by atoms with E-state index in [9.17, 15) is 13.0 Å². The molecule has 0 radical (unpaired) electrons. The van der Waals surface area contributed by atoms with Crippen LogP contribution in [0.3, 0.4) is 0 Å². The van der Waals surface area contributed by atoms with Crippen molar-refractivity contribution in [3.8, 4) is 11.5 Å².